The van der Waals surface area contributed by atoms with Crippen LogP contribution in [0.1, 0.15) is 6.42 Å². The molecular formula is C11H20N4O4S. The van der Waals surface area contributed by atoms with Crippen LogP contribution in [-0.2, 0) is 26.0 Å². The van der Waals surface area contributed by atoms with E-state index in [1.54, 1.807) is 7.11 Å². The van der Waals surface area contributed by atoms with Crippen LogP contribution in [0, 0.1) is 0 Å². The third kappa shape index (κ3) is 3.36. The van der Waals surface area contributed by atoms with Crippen molar-refractivity contribution >= 4 is 10.0 Å². The lowest BCUT2D eigenvalue weighted by Gasteiger charge is -2.25. The molecule has 0 spiro atoms. The Labute approximate surface area is 118 Å². The van der Waals surface area contributed by atoms with E-state index >= 15 is 0 Å². The van der Waals surface area contributed by atoms with E-state index < -0.39 is 15.6 Å². The van der Waals surface area contributed by atoms with Crippen LogP contribution in [0.3, 0.4) is 0 Å². The van der Waals surface area contributed by atoms with Gasteiger partial charge in [0.25, 0.3) is 0 Å². The largest absolute Gasteiger partial charge is 0.378 e. The van der Waals surface area contributed by atoms with E-state index in [4.69, 9.17) is 15.2 Å². The fraction of sp³-hybridized carbons (Fsp3) is 0.727. The van der Waals surface area contributed by atoms with Crippen LogP contribution in [0.15, 0.2) is 17.3 Å². The minimum Gasteiger partial charge on any atom is -0.378 e. The molecular weight excluding hydrogens is 284 g/mol. The Hall–Kier alpha value is -1.00. The van der Waals surface area contributed by atoms with Gasteiger partial charge >= 0.3 is 0 Å². The zero-order valence-electron chi connectivity index (χ0n) is 11.4. The summed E-state index contributed by atoms with van der Waals surface area (Å²) in [5.41, 5.74) is 4.82. The van der Waals surface area contributed by atoms with Crippen molar-refractivity contribution in [2.75, 3.05) is 33.4 Å². The van der Waals surface area contributed by atoms with Crippen LogP contribution in [-0.4, -0.2) is 57.2 Å². The number of nitrogens with zero attached hydrogens (tertiary/aromatic N) is 2. The number of rotatable bonds is 7. The first-order valence-electron chi connectivity index (χ1n) is 6.36. The van der Waals surface area contributed by atoms with Crippen LogP contribution in [0.4, 0.5) is 0 Å². The van der Waals surface area contributed by atoms with Crippen LogP contribution in [0.5, 0.6) is 0 Å². The molecule has 1 atom stereocenters. The molecule has 3 N–H and O–H groups in total. The van der Waals surface area contributed by atoms with Crippen LogP contribution < -0.4 is 10.5 Å². The fourth-order valence-electron chi connectivity index (χ4n) is 2.01. The smallest absolute Gasteiger partial charge is 0.243 e. The Morgan fingerprint density at radius 1 is 1.65 bits per heavy atom. The second-order valence-corrected chi connectivity index (χ2v) is 6.51. The van der Waals surface area contributed by atoms with Crippen LogP contribution >= 0.6 is 0 Å². The first-order chi connectivity index (χ1) is 9.51. The lowest BCUT2D eigenvalue weighted by atomic mass is 10.0. The van der Waals surface area contributed by atoms with Crippen molar-refractivity contribution in [2.45, 2.75) is 23.5 Å². The highest BCUT2D eigenvalue weighted by molar-refractivity contribution is 7.89. The summed E-state index contributed by atoms with van der Waals surface area (Å²) in [6.45, 7) is 2.01. The van der Waals surface area contributed by atoms with Crippen molar-refractivity contribution in [2.24, 2.45) is 5.73 Å². The third-order valence-electron chi connectivity index (χ3n) is 3.36. The zero-order valence-corrected chi connectivity index (χ0v) is 12.2. The topological polar surface area (TPSA) is 108 Å². The number of aromatic nitrogens is 2. The monoisotopic (exact) mass is 304 g/mol. The molecule has 9 heteroatoms. The number of sulfonamides is 1. The predicted octanol–water partition coefficient (Wildman–Crippen LogP) is -1.07. The minimum absolute atomic E-state index is 0.121. The maximum Gasteiger partial charge on any atom is 0.243 e. The highest BCUT2D eigenvalue weighted by Gasteiger charge is 2.36. The van der Waals surface area contributed by atoms with Gasteiger partial charge in [0.15, 0.2) is 0 Å². The van der Waals surface area contributed by atoms with E-state index in [9.17, 15) is 8.42 Å². The molecule has 0 amide bonds. The number of hydrogen-bond donors (Lipinski definition) is 2. The molecule has 1 aliphatic rings. The summed E-state index contributed by atoms with van der Waals surface area (Å²) >= 11 is 0. The molecule has 2 rings (SSSR count). The molecule has 1 aromatic heterocycles. The SMILES string of the molecule is COC1(CNS(=O)(=O)c2cnn(CCN)c2)CCOC1. The van der Waals surface area contributed by atoms with Crippen molar-refractivity contribution < 1.29 is 17.9 Å². The van der Waals surface area contributed by atoms with Crippen molar-refractivity contribution in [3.63, 3.8) is 0 Å². The summed E-state index contributed by atoms with van der Waals surface area (Å²) in [5.74, 6) is 0. The molecule has 2 heterocycles. The van der Waals surface area contributed by atoms with Gasteiger partial charge in [0.05, 0.1) is 19.3 Å². The second kappa shape index (κ2) is 6.19. The maximum atomic E-state index is 12.2. The molecule has 1 aromatic rings. The van der Waals surface area contributed by atoms with Crippen molar-refractivity contribution in [1.29, 1.82) is 0 Å². The number of nitrogens with one attached hydrogen (secondary N) is 1. The molecule has 1 fully saturated rings. The molecule has 1 aliphatic heterocycles. The Kier molecular flexibility index (Phi) is 4.76. The van der Waals surface area contributed by atoms with Crippen molar-refractivity contribution in [3.8, 4) is 0 Å². The average molecular weight is 304 g/mol. The molecule has 114 valence electrons. The Morgan fingerprint density at radius 3 is 3.05 bits per heavy atom. The quantitative estimate of drug-likeness (QED) is 0.664. The van der Waals surface area contributed by atoms with Gasteiger partial charge in [0, 0.05) is 39.4 Å². The van der Waals surface area contributed by atoms with E-state index in [1.807, 2.05) is 0 Å². The average Bonchev–Trinajstić information content (AvgIpc) is 3.07. The van der Waals surface area contributed by atoms with E-state index in [2.05, 4.69) is 9.82 Å². The van der Waals surface area contributed by atoms with Crippen LogP contribution in [0.25, 0.3) is 0 Å². The van der Waals surface area contributed by atoms with Gasteiger partial charge in [-0.25, -0.2) is 13.1 Å². The number of hydrogen-bond acceptors (Lipinski definition) is 6. The lowest BCUT2D eigenvalue weighted by molar-refractivity contribution is -0.0120. The fourth-order valence-corrected chi connectivity index (χ4v) is 3.07. The standard InChI is InChI=1S/C11H20N4O4S/c1-18-11(2-5-19-9-11)8-14-20(16,17)10-6-13-15(7-10)4-3-12/h6-7,14H,2-5,8-9,12H2,1H3. The van der Waals surface area contributed by atoms with Gasteiger partial charge in [-0.05, 0) is 0 Å². The van der Waals surface area contributed by atoms with E-state index in [0.29, 0.717) is 32.7 Å². The number of ether oxygens (including phenoxy) is 2. The first kappa shape index (κ1) is 15.4. The van der Waals surface area contributed by atoms with Gasteiger partial charge < -0.3 is 15.2 Å². The Morgan fingerprint density at radius 2 is 2.45 bits per heavy atom. The van der Waals surface area contributed by atoms with E-state index in [1.165, 1.54) is 17.1 Å². The lowest BCUT2D eigenvalue weighted by Crippen LogP contribution is -2.44. The molecule has 1 unspecified atom stereocenters. The normalized spacial score (nSPS) is 23.3. The van der Waals surface area contributed by atoms with E-state index in [-0.39, 0.29) is 11.4 Å². The van der Waals surface area contributed by atoms with Gasteiger partial charge in [0.2, 0.25) is 10.0 Å². The van der Waals surface area contributed by atoms with Crippen molar-refractivity contribution in [1.82, 2.24) is 14.5 Å². The van der Waals surface area contributed by atoms with Crippen molar-refractivity contribution in [3.05, 3.63) is 12.4 Å². The summed E-state index contributed by atoms with van der Waals surface area (Å²) < 4.78 is 39.0. The zero-order chi connectivity index (χ0) is 14.6. The summed E-state index contributed by atoms with van der Waals surface area (Å²) in [5, 5.41) is 3.95. The molecule has 0 aromatic carbocycles. The van der Waals surface area contributed by atoms with Crippen LogP contribution in [0.2, 0.25) is 0 Å². The van der Waals surface area contributed by atoms with Gasteiger partial charge in [-0.3, -0.25) is 4.68 Å². The highest BCUT2D eigenvalue weighted by atomic mass is 32.2. The molecule has 0 radical (unpaired) electrons. The molecule has 8 nitrogen and oxygen atoms in total. The summed E-state index contributed by atoms with van der Waals surface area (Å²) in [4.78, 5) is 0.121. The molecule has 20 heavy (non-hydrogen) atoms. The second-order valence-electron chi connectivity index (χ2n) is 4.74. The van der Waals surface area contributed by atoms with E-state index in [0.717, 1.165) is 0 Å². The summed E-state index contributed by atoms with van der Waals surface area (Å²) in [7, 11) is -2.05. The molecule has 0 bridgehead atoms. The third-order valence-corrected chi connectivity index (χ3v) is 4.72. The number of methoxy groups -OCH3 is 1. The van der Waals surface area contributed by atoms with Gasteiger partial charge in [-0.15, -0.1) is 0 Å². The minimum atomic E-state index is -3.60. The predicted molar refractivity (Wildman–Crippen MR) is 71.6 cm³/mol. The molecule has 0 saturated carbocycles. The van der Waals surface area contributed by atoms with Gasteiger partial charge in [0.1, 0.15) is 10.5 Å². The summed E-state index contributed by atoms with van der Waals surface area (Å²) in [6, 6.07) is 0. The highest BCUT2D eigenvalue weighted by Crippen LogP contribution is 2.22. The Bertz CT molecular complexity index is 536. The maximum absolute atomic E-state index is 12.2. The molecule has 0 aliphatic carbocycles. The number of nitrogens with two attached hydrogens (primary N) is 1. The first-order valence-corrected chi connectivity index (χ1v) is 7.85. The van der Waals surface area contributed by atoms with Gasteiger partial charge in [-0.1, -0.05) is 0 Å². The molecule has 1 saturated heterocycles. The Balaban J connectivity index is 2.03. The van der Waals surface area contributed by atoms with Gasteiger partial charge in [-0.2, -0.15) is 5.10 Å². The summed E-state index contributed by atoms with van der Waals surface area (Å²) in [6.07, 6.45) is 3.43.